The maximum Gasteiger partial charge on any atom is 0.391 e. The van der Waals surface area contributed by atoms with Gasteiger partial charge in [-0.3, -0.25) is 24.9 Å². The van der Waals surface area contributed by atoms with Crippen LogP contribution in [-0.2, 0) is 9.59 Å². The number of carbonyl (C=O) groups excluding carboxylic acids is 4. The fourth-order valence-corrected chi connectivity index (χ4v) is 13.1. The lowest BCUT2D eigenvalue weighted by molar-refractivity contribution is -0.185. The van der Waals surface area contributed by atoms with Gasteiger partial charge in [0.15, 0.2) is 11.9 Å². The number of guanidine groups is 2. The topological polar surface area (TPSA) is 333 Å². The second-order valence-corrected chi connectivity index (χ2v) is 21.3. The molecule has 19 nitrogen and oxygen atoms in total. The van der Waals surface area contributed by atoms with Crippen LogP contribution >= 0.6 is 35.3 Å². The molecule has 4 fully saturated rings. The summed E-state index contributed by atoms with van der Waals surface area (Å²) in [6.45, 7) is 1.08. The highest BCUT2D eigenvalue weighted by Gasteiger charge is 2.51. The molecule has 3 saturated carbocycles. The van der Waals surface area contributed by atoms with Gasteiger partial charge in [0.05, 0.1) is 11.8 Å². The number of nitrogens with one attached hydrogen (secondary N) is 7. The van der Waals surface area contributed by atoms with Gasteiger partial charge in [-0.15, -0.1) is 11.8 Å². The van der Waals surface area contributed by atoms with Crippen molar-refractivity contribution in [3.63, 3.8) is 0 Å². The van der Waals surface area contributed by atoms with E-state index in [4.69, 9.17) is 34.4 Å². The second kappa shape index (κ2) is 27.1. The SMILES string of the molecule is NCCSC1C(NC(=O)CCCCN=C(N)N)CC(C(F)(F)F)CC1NC(=O)NC1CCC2NC(NC(=O)NC3CC(C(F)(F)F)CC(NC(=O)CCCCN=C(N)N)C3SCCN)SC2C1. The molecule has 0 aromatic heterocycles. The number of amides is 6. The Hall–Kier alpha value is -3.47. The third kappa shape index (κ3) is 19.1. The van der Waals surface area contributed by atoms with Crippen molar-refractivity contribution in [1.29, 1.82) is 0 Å². The van der Waals surface area contributed by atoms with Crippen molar-refractivity contribution in [3.8, 4) is 0 Å². The maximum atomic E-state index is 14.3. The van der Waals surface area contributed by atoms with Gasteiger partial charge in [0.2, 0.25) is 11.8 Å². The average molecular weight is 1020 g/mol. The Morgan fingerprint density at radius 2 is 1.03 bits per heavy atom. The van der Waals surface area contributed by atoms with Crippen molar-refractivity contribution in [1.82, 2.24) is 37.2 Å². The largest absolute Gasteiger partial charge is 0.391 e. The number of hydrogen-bond acceptors (Lipinski definition) is 12. The first kappa shape index (κ1) is 56.1. The first-order valence-corrected chi connectivity index (χ1v) is 25.7. The predicted molar refractivity (Wildman–Crippen MR) is 252 cm³/mol. The van der Waals surface area contributed by atoms with E-state index in [1.807, 2.05) is 0 Å². The summed E-state index contributed by atoms with van der Waals surface area (Å²) in [4.78, 5) is 60.6. The Labute approximate surface area is 399 Å². The van der Waals surface area contributed by atoms with Crippen molar-refractivity contribution < 1.29 is 45.5 Å². The summed E-state index contributed by atoms with van der Waals surface area (Å²) in [5.74, 6) is -3.79. The first-order chi connectivity index (χ1) is 31.7. The number of rotatable bonds is 22. The maximum absolute atomic E-state index is 14.3. The van der Waals surface area contributed by atoms with Gasteiger partial charge in [-0.25, -0.2) is 9.59 Å². The van der Waals surface area contributed by atoms with E-state index in [1.54, 1.807) is 0 Å². The molecule has 28 heteroatoms. The van der Waals surface area contributed by atoms with Crippen LogP contribution in [0.2, 0.25) is 0 Å². The highest BCUT2D eigenvalue weighted by Crippen LogP contribution is 2.43. The Kier molecular flexibility index (Phi) is 22.7. The van der Waals surface area contributed by atoms with Gasteiger partial charge in [0, 0.05) is 103 Å². The van der Waals surface area contributed by atoms with Crippen LogP contribution in [0.15, 0.2) is 9.98 Å². The molecular formula is C39H69F6N15O4S3. The van der Waals surface area contributed by atoms with Crippen LogP contribution in [0.25, 0.3) is 0 Å². The lowest BCUT2D eigenvalue weighted by atomic mass is 9.81. The molecule has 1 aliphatic heterocycles. The second-order valence-electron chi connectivity index (χ2n) is 17.3. The van der Waals surface area contributed by atoms with Crippen LogP contribution in [0.1, 0.15) is 83.5 Å². The fourth-order valence-electron chi connectivity index (χ4n) is 9.07. The standard InChI is InChI=1S/C39H69F6N15O4S3/c40-38(41,42)20-15-24(55-29(61)5-1-3-11-52-33(48)49)31(65-13-9-46)26(17-20)57-35(63)54-22-7-8-23-28(19-22)67-37(59-23)60-36(64)58-27-18-21(39(43,44)45)16-25(32(27)66-14-10-47)56-30(62)6-2-4-12-53-34(50)51/h20-28,31-32,37,59H,1-19,46-47H2,(H,55,61)(H,56,62)(H4,48,49,52)(H4,50,51,53)(H2,54,57,63)(H2,58,60,64). The number of nitrogens with zero attached hydrogens (tertiary/aromatic N) is 2. The lowest BCUT2D eigenvalue weighted by Crippen LogP contribution is -2.61. The molecule has 19 N–H and O–H groups in total. The number of hydrogen-bond donors (Lipinski definition) is 13. The number of unbranched alkanes of at least 4 members (excludes halogenated alkanes) is 2. The highest BCUT2D eigenvalue weighted by molar-refractivity contribution is 8.00. The van der Waals surface area contributed by atoms with Gasteiger partial charge < -0.3 is 66.3 Å². The Balaban J connectivity index is 1.33. The number of alkyl halides is 6. The third-order valence-corrected chi connectivity index (χ3v) is 16.5. The monoisotopic (exact) mass is 1020 g/mol. The molecule has 1 saturated heterocycles. The molecule has 6 amide bonds. The number of halogens is 6. The van der Waals surface area contributed by atoms with Crippen LogP contribution in [0, 0.1) is 11.8 Å². The molecule has 0 aromatic rings. The van der Waals surface area contributed by atoms with Crippen LogP contribution in [-0.4, -0.2) is 143 Å². The first-order valence-electron chi connectivity index (χ1n) is 22.7. The van der Waals surface area contributed by atoms with Gasteiger partial charge in [-0.1, -0.05) is 0 Å². The van der Waals surface area contributed by atoms with Crippen molar-refractivity contribution in [3.05, 3.63) is 0 Å². The van der Waals surface area contributed by atoms with E-state index in [2.05, 4.69) is 47.2 Å². The fraction of sp³-hybridized carbons (Fsp3) is 0.846. The molecule has 67 heavy (non-hydrogen) atoms. The van der Waals surface area contributed by atoms with E-state index >= 15 is 0 Å². The van der Waals surface area contributed by atoms with E-state index in [0.29, 0.717) is 69.5 Å². The highest BCUT2D eigenvalue weighted by atomic mass is 32.2. The number of nitrogens with two attached hydrogens (primary N) is 6. The number of carbonyl (C=O) groups is 4. The van der Waals surface area contributed by atoms with Gasteiger partial charge in [-0.2, -0.15) is 49.9 Å². The van der Waals surface area contributed by atoms with Crippen LogP contribution in [0.5, 0.6) is 0 Å². The van der Waals surface area contributed by atoms with Crippen molar-refractivity contribution in [2.75, 3.05) is 37.7 Å². The Bertz CT molecular complexity index is 1570. The summed E-state index contributed by atoms with van der Waals surface area (Å²) in [5, 5.41) is 18.9. The number of aliphatic imine (C=N–C) groups is 2. The minimum atomic E-state index is -4.58. The van der Waals surface area contributed by atoms with Crippen molar-refractivity contribution >= 4 is 71.1 Å². The van der Waals surface area contributed by atoms with Gasteiger partial charge in [0.25, 0.3) is 0 Å². The van der Waals surface area contributed by atoms with Gasteiger partial charge >= 0.3 is 24.4 Å². The lowest BCUT2D eigenvalue weighted by Gasteiger charge is -2.43. The molecule has 384 valence electrons. The third-order valence-electron chi connectivity index (χ3n) is 12.1. The van der Waals surface area contributed by atoms with E-state index in [9.17, 15) is 45.5 Å². The normalized spacial score (nSPS) is 29.7. The Morgan fingerprint density at radius 1 is 0.597 bits per heavy atom. The minimum absolute atomic E-state index is 0.0543. The Morgan fingerprint density at radius 3 is 1.45 bits per heavy atom. The summed E-state index contributed by atoms with van der Waals surface area (Å²) in [7, 11) is 0. The summed E-state index contributed by atoms with van der Waals surface area (Å²) in [6, 6.07) is -5.48. The summed E-state index contributed by atoms with van der Waals surface area (Å²) in [5.41, 5.74) is 32.2. The quantitative estimate of drug-likeness (QED) is 0.0313. The predicted octanol–water partition coefficient (Wildman–Crippen LogP) is 1.15. The zero-order chi connectivity index (χ0) is 49.3. The molecule has 0 radical (unpaired) electrons. The molecular weight excluding hydrogens is 953 g/mol. The molecule has 0 spiro atoms. The van der Waals surface area contributed by atoms with Crippen molar-refractivity contribution in [2.24, 2.45) is 56.2 Å². The molecule has 12 unspecified atom stereocenters. The molecule has 12 atom stereocenters. The van der Waals surface area contributed by atoms with E-state index in [1.165, 1.54) is 35.3 Å². The van der Waals surface area contributed by atoms with Crippen LogP contribution in [0.3, 0.4) is 0 Å². The average Bonchev–Trinajstić information content (AvgIpc) is 3.63. The van der Waals surface area contributed by atoms with Crippen LogP contribution in [0.4, 0.5) is 35.9 Å². The summed E-state index contributed by atoms with van der Waals surface area (Å²) < 4.78 is 85.5. The summed E-state index contributed by atoms with van der Waals surface area (Å²) >= 11 is 3.98. The number of urea groups is 2. The smallest absolute Gasteiger partial charge is 0.370 e. The van der Waals surface area contributed by atoms with Crippen LogP contribution < -0.4 is 71.6 Å². The van der Waals surface area contributed by atoms with Gasteiger partial charge in [0.1, 0.15) is 5.50 Å². The molecule has 4 aliphatic rings. The van der Waals surface area contributed by atoms with E-state index in [0.717, 1.165) is 0 Å². The molecule has 1 heterocycles. The molecule has 0 bridgehead atoms. The van der Waals surface area contributed by atoms with Crippen molar-refractivity contribution in [2.45, 2.75) is 153 Å². The summed E-state index contributed by atoms with van der Waals surface area (Å²) in [6.07, 6.45) is -7.10. The number of thioether (sulfide) groups is 3. The number of fused-ring (bicyclic) bond motifs is 1. The molecule has 3 aliphatic carbocycles. The van der Waals surface area contributed by atoms with Gasteiger partial charge in [-0.05, 0) is 70.6 Å². The molecule has 0 aromatic carbocycles. The zero-order valence-electron chi connectivity index (χ0n) is 37.3. The van der Waals surface area contributed by atoms with E-state index in [-0.39, 0.29) is 74.4 Å². The minimum Gasteiger partial charge on any atom is -0.370 e. The molecule has 4 rings (SSSR count). The van der Waals surface area contributed by atoms with E-state index < -0.39 is 94.7 Å². The zero-order valence-corrected chi connectivity index (χ0v) is 39.8.